The number of hydrogen-bond acceptors (Lipinski definition) is 5. The Hall–Kier alpha value is -2.35. The van der Waals surface area contributed by atoms with Crippen LogP contribution in [-0.2, 0) is 16.1 Å². The van der Waals surface area contributed by atoms with E-state index in [-0.39, 0.29) is 11.8 Å². The van der Waals surface area contributed by atoms with Gasteiger partial charge in [-0.15, -0.1) is 10.2 Å². The smallest absolute Gasteiger partial charge is 0.230 e. The largest absolute Gasteiger partial charge is 0.352 e. The van der Waals surface area contributed by atoms with E-state index < -0.39 is 0 Å². The quantitative estimate of drug-likeness (QED) is 0.680. The van der Waals surface area contributed by atoms with Gasteiger partial charge in [-0.3, -0.25) is 9.59 Å². The van der Waals surface area contributed by atoms with Crippen LogP contribution in [0.1, 0.15) is 39.5 Å². The Morgan fingerprint density at radius 3 is 2.59 bits per heavy atom. The van der Waals surface area contributed by atoms with Gasteiger partial charge in [0.15, 0.2) is 11.0 Å². The van der Waals surface area contributed by atoms with Crippen LogP contribution in [0.3, 0.4) is 0 Å². The van der Waals surface area contributed by atoms with Crippen molar-refractivity contribution in [2.45, 2.75) is 57.3 Å². The van der Waals surface area contributed by atoms with Crippen molar-refractivity contribution in [3.05, 3.63) is 24.3 Å². The number of hydrogen-bond donors (Lipinski definition) is 2. The first-order valence-electron chi connectivity index (χ1n) is 10.3. The number of nitrogens with zero attached hydrogens (tertiary/aromatic N) is 3. The molecule has 0 radical (unpaired) electrons. The topological polar surface area (TPSA) is 88.9 Å². The average molecular weight is 414 g/mol. The number of carbonyl (C=O) groups is 2. The second kappa shape index (κ2) is 8.57. The molecule has 2 aliphatic rings. The molecule has 7 nitrogen and oxygen atoms in total. The Labute approximate surface area is 175 Å². The van der Waals surface area contributed by atoms with E-state index in [0.29, 0.717) is 24.3 Å². The minimum Gasteiger partial charge on any atom is -0.352 e. The summed E-state index contributed by atoms with van der Waals surface area (Å²) in [5.74, 6) is 2.60. The third-order valence-corrected chi connectivity index (χ3v) is 6.88. The summed E-state index contributed by atoms with van der Waals surface area (Å²) in [5.41, 5.74) is 1.67. The number of benzene rings is 1. The van der Waals surface area contributed by atoms with E-state index in [0.717, 1.165) is 34.6 Å². The van der Waals surface area contributed by atoms with Gasteiger partial charge in [-0.25, -0.2) is 0 Å². The van der Waals surface area contributed by atoms with Crippen molar-refractivity contribution in [2.75, 3.05) is 11.1 Å². The maximum Gasteiger partial charge on any atom is 0.230 e. The normalized spacial score (nSPS) is 22.6. The van der Waals surface area contributed by atoms with Crippen LogP contribution in [0.15, 0.2) is 29.4 Å². The molecule has 2 fully saturated rings. The SMILES string of the molecule is CCn1c(SCC(=O)N[C@@H]2C[C@H]3CC[C@@H]2C3)nnc1-c1ccc(NC(C)=O)cc1. The number of rotatable bonds is 7. The third-order valence-electron chi connectivity index (χ3n) is 5.91. The highest BCUT2D eigenvalue weighted by Crippen LogP contribution is 2.44. The Bertz CT molecular complexity index is 895. The van der Waals surface area contributed by atoms with Gasteiger partial charge < -0.3 is 15.2 Å². The Morgan fingerprint density at radius 2 is 1.97 bits per heavy atom. The highest BCUT2D eigenvalue weighted by Gasteiger charge is 2.40. The molecular formula is C21H27N5O2S. The first kappa shape index (κ1) is 19.9. The van der Waals surface area contributed by atoms with E-state index in [9.17, 15) is 9.59 Å². The summed E-state index contributed by atoms with van der Waals surface area (Å²) in [7, 11) is 0. The Balaban J connectivity index is 1.38. The van der Waals surface area contributed by atoms with Crippen LogP contribution in [0.4, 0.5) is 5.69 Å². The highest BCUT2D eigenvalue weighted by atomic mass is 32.2. The maximum atomic E-state index is 12.4. The van der Waals surface area contributed by atoms with Gasteiger partial charge in [0.1, 0.15) is 0 Å². The van der Waals surface area contributed by atoms with E-state index in [4.69, 9.17) is 0 Å². The lowest BCUT2D eigenvalue weighted by molar-refractivity contribution is -0.119. The molecule has 1 aromatic carbocycles. The number of amides is 2. The summed E-state index contributed by atoms with van der Waals surface area (Å²) in [6.45, 7) is 4.24. The fourth-order valence-corrected chi connectivity index (χ4v) is 5.41. The number of thioether (sulfide) groups is 1. The van der Waals surface area contributed by atoms with Gasteiger partial charge in [0.25, 0.3) is 0 Å². The van der Waals surface area contributed by atoms with Gasteiger partial charge in [0.2, 0.25) is 11.8 Å². The molecule has 29 heavy (non-hydrogen) atoms. The molecule has 2 saturated carbocycles. The van der Waals surface area contributed by atoms with Gasteiger partial charge >= 0.3 is 0 Å². The lowest BCUT2D eigenvalue weighted by Gasteiger charge is -2.22. The number of fused-ring (bicyclic) bond motifs is 2. The molecule has 0 saturated heterocycles. The van der Waals surface area contributed by atoms with Gasteiger partial charge in [-0.2, -0.15) is 0 Å². The molecule has 8 heteroatoms. The third kappa shape index (κ3) is 4.47. The van der Waals surface area contributed by atoms with E-state index in [1.54, 1.807) is 0 Å². The number of aromatic nitrogens is 3. The molecule has 1 aromatic heterocycles. The molecule has 2 N–H and O–H groups in total. The monoisotopic (exact) mass is 413 g/mol. The van der Waals surface area contributed by atoms with E-state index >= 15 is 0 Å². The van der Waals surface area contributed by atoms with Crippen molar-refractivity contribution < 1.29 is 9.59 Å². The standard InChI is InChI=1S/C21H27N5O2S/c1-3-26-20(15-6-8-17(9-7-15)22-13(2)27)24-25-21(26)29-12-19(28)23-18-11-14-4-5-16(18)10-14/h6-9,14,16,18H,3-5,10-12H2,1-2H3,(H,22,27)(H,23,28)/t14-,16+,18+/m0/s1. The second-order valence-electron chi connectivity index (χ2n) is 7.95. The van der Waals surface area contributed by atoms with Gasteiger partial charge in [0.05, 0.1) is 5.75 Å². The predicted molar refractivity (Wildman–Crippen MR) is 114 cm³/mol. The van der Waals surface area contributed by atoms with Gasteiger partial charge in [0, 0.05) is 30.8 Å². The molecule has 4 rings (SSSR count). The van der Waals surface area contributed by atoms with Crippen LogP contribution in [0.25, 0.3) is 11.4 Å². The summed E-state index contributed by atoms with van der Waals surface area (Å²) in [6, 6.07) is 7.89. The summed E-state index contributed by atoms with van der Waals surface area (Å²) < 4.78 is 2.02. The molecular weight excluding hydrogens is 386 g/mol. The van der Waals surface area contributed by atoms with E-state index in [1.807, 2.05) is 35.8 Å². The van der Waals surface area contributed by atoms with E-state index in [2.05, 4.69) is 20.8 Å². The Kier molecular flexibility index (Phi) is 5.89. The molecule has 2 aromatic rings. The van der Waals surface area contributed by atoms with Crippen LogP contribution in [0, 0.1) is 11.8 Å². The highest BCUT2D eigenvalue weighted by molar-refractivity contribution is 7.99. The van der Waals surface area contributed by atoms with Crippen molar-refractivity contribution in [2.24, 2.45) is 11.8 Å². The molecule has 2 amide bonds. The van der Waals surface area contributed by atoms with Crippen LogP contribution < -0.4 is 10.6 Å². The molecule has 154 valence electrons. The molecule has 2 bridgehead atoms. The van der Waals surface area contributed by atoms with Crippen molar-refractivity contribution in [3.8, 4) is 11.4 Å². The van der Waals surface area contributed by atoms with Crippen LogP contribution in [0.5, 0.6) is 0 Å². The number of carbonyl (C=O) groups excluding carboxylic acids is 2. The molecule has 2 aliphatic carbocycles. The number of anilines is 1. The van der Waals surface area contributed by atoms with E-state index in [1.165, 1.54) is 37.9 Å². The summed E-state index contributed by atoms with van der Waals surface area (Å²) in [6.07, 6.45) is 5.02. The molecule has 1 heterocycles. The zero-order valence-electron chi connectivity index (χ0n) is 16.9. The lowest BCUT2D eigenvalue weighted by atomic mass is 9.95. The number of nitrogens with one attached hydrogen (secondary N) is 2. The molecule has 0 aliphatic heterocycles. The van der Waals surface area contributed by atoms with Crippen molar-refractivity contribution >= 4 is 29.3 Å². The first-order valence-corrected chi connectivity index (χ1v) is 11.3. The van der Waals surface area contributed by atoms with Gasteiger partial charge in [-0.05, 0) is 62.3 Å². The minimum atomic E-state index is -0.100. The van der Waals surface area contributed by atoms with Crippen molar-refractivity contribution in [1.29, 1.82) is 0 Å². The van der Waals surface area contributed by atoms with Crippen LogP contribution >= 0.6 is 11.8 Å². The van der Waals surface area contributed by atoms with Crippen molar-refractivity contribution in [3.63, 3.8) is 0 Å². The molecule has 3 atom stereocenters. The average Bonchev–Trinajstić information content (AvgIpc) is 3.41. The van der Waals surface area contributed by atoms with Crippen molar-refractivity contribution in [1.82, 2.24) is 20.1 Å². The van der Waals surface area contributed by atoms with Gasteiger partial charge in [-0.1, -0.05) is 18.2 Å². The maximum absolute atomic E-state index is 12.4. The summed E-state index contributed by atoms with van der Waals surface area (Å²) in [5, 5.41) is 15.4. The summed E-state index contributed by atoms with van der Waals surface area (Å²) in [4.78, 5) is 23.6. The first-order chi connectivity index (χ1) is 14.0. The Morgan fingerprint density at radius 1 is 1.17 bits per heavy atom. The second-order valence-corrected chi connectivity index (χ2v) is 8.89. The zero-order chi connectivity index (χ0) is 20.4. The summed E-state index contributed by atoms with van der Waals surface area (Å²) >= 11 is 1.43. The van der Waals surface area contributed by atoms with Crippen LogP contribution in [-0.4, -0.2) is 38.4 Å². The van der Waals surface area contributed by atoms with Crippen LogP contribution in [0.2, 0.25) is 0 Å². The predicted octanol–water partition coefficient (Wildman–Crippen LogP) is 3.32. The fraction of sp³-hybridized carbons (Fsp3) is 0.524. The fourth-order valence-electron chi connectivity index (χ4n) is 4.60. The molecule has 0 spiro atoms. The zero-order valence-corrected chi connectivity index (χ0v) is 17.7. The minimum absolute atomic E-state index is 0.0828. The molecule has 0 unspecified atom stereocenters. The lowest BCUT2D eigenvalue weighted by Crippen LogP contribution is -2.39.